The average molecular weight is 545 g/mol. The van der Waals surface area contributed by atoms with E-state index in [1.165, 1.54) is 0 Å². The molecular weight excluding hydrogens is 520 g/mol. The first kappa shape index (κ1) is 24.3. The van der Waals surface area contributed by atoms with Crippen LogP contribution in [0.3, 0.4) is 0 Å². The lowest BCUT2D eigenvalue weighted by molar-refractivity contribution is 0.0224. The molecule has 0 bridgehead atoms. The van der Waals surface area contributed by atoms with Crippen molar-refractivity contribution in [1.29, 1.82) is 0 Å². The van der Waals surface area contributed by atoms with Crippen LogP contribution < -0.4 is 15.0 Å². The summed E-state index contributed by atoms with van der Waals surface area (Å²) in [6, 6.07) is 37.5. The number of hydrogen-bond acceptors (Lipinski definition) is 5. The molecule has 1 unspecified atom stereocenters. The number of benzene rings is 5. The fraction of sp³-hybridized carbons (Fsp3) is 0.0882. The number of nitrogens with one attached hydrogen (secondary N) is 1. The minimum absolute atomic E-state index is 0.358. The molecule has 0 fully saturated rings. The van der Waals surface area contributed by atoms with Gasteiger partial charge in [0.05, 0.1) is 5.56 Å². The summed E-state index contributed by atoms with van der Waals surface area (Å²) in [5.74, 6) is 0.803. The Morgan fingerprint density at radius 1 is 0.725 bits per heavy atom. The Morgan fingerprint density at radius 2 is 1.38 bits per heavy atom. The third-order valence-electron chi connectivity index (χ3n) is 7.53. The van der Waals surface area contributed by atoms with E-state index in [9.17, 15) is 4.79 Å². The Morgan fingerprint density at radius 3 is 2.15 bits per heavy atom. The number of carbonyl (C=O) groups is 1. The molecule has 40 heavy (non-hydrogen) atoms. The van der Waals surface area contributed by atoms with Gasteiger partial charge in [0, 0.05) is 57.1 Å². The molecule has 0 radical (unpaired) electrons. The van der Waals surface area contributed by atoms with Gasteiger partial charge in [-0.2, -0.15) is 0 Å². The van der Waals surface area contributed by atoms with E-state index in [0.29, 0.717) is 22.1 Å². The summed E-state index contributed by atoms with van der Waals surface area (Å²) in [5.41, 5.74) is 5.81. The van der Waals surface area contributed by atoms with Gasteiger partial charge in [-0.05, 0) is 79.7 Å². The lowest BCUT2D eigenvalue weighted by Gasteiger charge is -2.36. The van der Waals surface area contributed by atoms with E-state index in [1.807, 2.05) is 60.7 Å². The first-order valence-corrected chi connectivity index (χ1v) is 13.6. The number of ether oxygens (including phenoxy) is 2. The van der Waals surface area contributed by atoms with Crippen LogP contribution in [0, 0.1) is 0 Å². The summed E-state index contributed by atoms with van der Waals surface area (Å²) in [5, 5.41) is 4.03. The molecule has 6 heteroatoms. The van der Waals surface area contributed by atoms with Gasteiger partial charge < -0.3 is 19.7 Å². The third kappa shape index (κ3) is 3.81. The van der Waals surface area contributed by atoms with Crippen molar-refractivity contribution >= 4 is 40.3 Å². The summed E-state index contributed by atoms with van der Waals surface area (Å²) < 4.78 is 12.6. The average Bonchev–Trinajstić information content (AvgIpc) is 3.27. The maximum atomic E-state index is 13.0. The van der Waals surface area contributed by atoms with Crippen LogP contribution in [0.5, 0.6) is 11.5 Å². The van der Waals surface area contributed by atoms with Gasteiger partial charge in [-0.15, -0.1) is 0 Å². The maximum absolute atomic E-state index is 13.0. The zero-order valence-corrected chi connectivity index (χ0v) is 22.5. The lowest BCUT2D eigenvalue weighted by atomic mass is 9.77. The molecule has 7 rings (SSSR count). The quantitative estimate of drug-likeness (QED) is 0.224. The molecule has 0 amide bonds. The fourth-order valence-electron chi connectivity index (χ4n) is 5.74. The molecule has 5 aromatic carbocycles. The van der Waals surface area contributed by atoms with Gasteiger partial charge in [0.2, 0.25) is 0 Å². The normalized spacial score (nSPS) is 16.4. The Kier molecular flexibility index (Phi) is 5.76. The first-order chi connectivity index (χ1) is 19.6. The van der Waals surface area contributed by atoms with Crippen LogP contribution in [0.4, 0.5) is 22.7 Å². The Bertz CT molecular complexity index is 1750. The molecule has 5 nitrogen and oxygen atoms in total. The van der Waals surface area contributed by atoms with Gasteiger partial charge in [0.1, 0.15) is 11.5 Å². The van der Waals surface area contributed by atoms with Gasteiger partial charge in [0.15, 0.2) is 5.60 Å². The number of nitrogens with zero attached hydrogens (tertiary/aromatic N) is 1. The Labute approximate surface area is 237 Å². The summed E-state index contributed by atoms with van der Waals surface area (Å²) in [6.45, 7) is 3.00. The van der Waals surface area contributed by atoms with Crippen LogP contribution in [0.2, 0.25) is 5.02 Å². The summed E-state index contributed by atoms with van der Waals surface area (Å²) in [7, 11) is 0. The van der Waals surface area contributed by atoms with Gasteiger partial charge in [0.25, 0.3) is 0 Å². The maximum Gasteiger partial charge on any atom is 0.340 e. The summed E-state index contributed by atoms with van der Waals surface area (Å²) in [4.78, 5) is 15.3. The van der Waals surface area contributed by atoms with E-state index in [4.69, 9.17) is 21.1 Å². The van der Waals surface area contributed by atoms with Crippen molar-refractivity contribution in [3.63, 3.8) is 0 Å². The number of hydrogen-bond donors (Lipinski definition) is 1. The highest BCUT2D eigenvalue weighted by Gasteiger charge is 2.53. The highest BCUT2D eigenvalue weighted by atomic mass is 35.5. The van der Waals surface area contributed by atoms with Crippen molar-refractivity contribution in [3.05, 3.63) is 143 Å². The predicted molar refractivity (Wildman–Crippen MR) is 159 cm³/mol. The smallest absolute Gasteiger partial charge is 0.340 e. The summed E-state index contributed by atoms with van der Waals surface area (Å²) >= 11 is 6.35. The SMILES string of the molecule is CCN(c1ccccc1)c1ccc(Nc2ccc3c(c2)Oc2cc(Cl)ccc2C32OC(=O)c3ccccc32)cc1. The molecule has 0 aromatic heterocycles. The molecule has 2 aliphatic rings. The van der Waals surface area contributed by atoms with Crippen molar-refractivity contribution in [2.45, 2.75) is 12.5 Å². The second-order valence-electron chi connectivity index (χ2n) is 9.82. The number of esters is 1. The zero-order chi connectivity index (χ0) is 27.3. The summed E-state index contributed by atoms with van der Waals surface area (Å²) in [6.07, 6.45) is 0. The predicted octanol–water partition coefficient (Wildman–Crippen LogP) is 8.81. The van der Waals surface area contributed by atoms with Crippen molar-refractivity contribution in [1.82, 2.24) is 0 Å². The monoisotopic (exact) mass is 544 g/mol. The van der Waals surface area contributed by atoms with E-state index in [1.54, 1.807) is 18.2 Å². The van der Waals surface area contributed by atoms with Crippen LogP contribution in [0.25, 0.3) is 0 Å². The molecule has 1 N–H and O–H groups in total. The second-order valence-corrected chi connectivity index (χ2v) is 10.3. The molecule has 2 aliphatic heterocycles. The number of fused-ring (bicyclic) bond motifs is 6. The fourth-order valence-corrected chi connectivity index (χ4v) is 5.90. The molecule has 1 spiro atoms. The minimum atomic E-state index is -1.11. The number of carbonyl (C=O) groups excluding carboxylic acids is 1. The Balaban J connectivity index is 1.24. The molecule has 2 heterocycles. The molecule has 0 saturated carbocycles. The third-order valence-corrected chi connectivity index (χ3v) is 7.76. The van der Waals surface area contributed by atoms with Crippen LogP contribution in [-0.2, 0) is 10.3 Å². The van der Waals surface area contributed by atoms with Crippen LogP contribution in [0.15, 0.2) is 115 Å². The zero-order valence-electron chi connectivity index (χ0n) is 21.7. The second kappa shape index (κ2) is 9.47. The van der Waals surface area contributed by atoms with Crippen LogP contribution in [-0.4, -0.2) is 12.5 Å². The largest absolute Gasteiger partial charge is 0.456 e. The van der Waals surface area contributed by atoms with Crippen molar-refractivity contribution in [2.75, 3.05) is 16.8 Å². The number of para-hydroxylation sites is 1. The van der Waals surface area contributed by atoms with Gasteiger partial charge in [-0.25, -0.2) is 4.79 Å². The van der Waals surface area contributed by atoms with Crippen LogP contribution in [0.1, 0.15) is 34.0 Å². The molecular formula is C34H25ClN2O3. The molecule has 5 aromatic rings. The van der Waals surface area contributed by atoms with Gasteiger partial charge in [-0.1, -0.05) is 48.0 Å². The van der Waals surface area contributed by atoms with E-state index < -0.39 is 5.60 Å². The van der Waals surface area contributed by atoms with E-state index in [2.05, 4.69) is 53.5 Å². The molecule has 0 saturated heterocycles. The highest BCUT2D eigenvalue weighted by molar-refractivity contribution is 6.30. The van der Waals surface area contributed by atoms with Gasteiger partial charge >= 0.3 is 5.97 Å². The number of anilines is 4. The van der Waals surface area contributed by atoms with Crippen LogP contribution >= 0.6 is 11.6 Å². The molecule has 196 valence electrons. The van der Waals surface area contributed by atoms with E-state index in [0.717, 1.165) is 46.0 Å². The van der Waals surface area contributed by atoms with Crippen molar-refractivity contribution < 1.29 is 14.3 Å². The molecule has 0 aliphatic carbocycles. The first-order valence-electron chi connectivity index (χ1n) is 13.2. The lowest BCUT2D eigenvalue weighted by Crippen LogP contribution is -2.33. The van der Waals surface area contributed by atoms with Crippen molar-refractivity contribution in [2.24, 2.45) is 0 Å². The number of rotatable bonds is 5. The van der Waals surface area contributed by atoms with Gasteiger partial charge in [-0.3, -0.25) is 0 Å². The van der Waals surface area contributed by atoms with E-state index >= 15 is 0 Å². The minimum Gasteiger partial charge on any atom is -0.456 e. The Hall–Kier alpha value is -4.74. The topological polar surface area (TPSA) is 50.8 Å². The number of halogens is 1. The van der Waals surface area contributed by atoms with Crippen molar-refractivity contribution in [3.8, 4) is 11.5 Å². The van der Waals surface area contributed by atoms with E-state index in [-0.39, 0.29) is 5.97 Å². The highest BCUT2D eigenvalue weighted by Crippen LogP contribution is 2.56. The standard InChI is InChI=1S/C34H25ClN2O3/c1-2-37(25-8-4-3-5-9-25)26-16-13-23(14-17-26)36-24-15-19-30-32(21-24)39-31-20-22(35)12-18-29(31)34(30)28-11-7-6-10-27(28)33(38)40-34/h3-21,36H,2H2,1H3. The molecule has 1 atom stereocenters.